The van der Waals surface area contributed by atoms with Gasteiger partial charge < -0.3 is 9.47 Å². The van der Waals surface area contributed by atoms with Crippen molar-refractivity contribution < 1.29 is 23.9 Å². The molecule has 4 unspecified atom stereocenters. The van der Waals surface area contributed by atoms with Crippen molar-refractivity contribution in [3.63, 3.8) is 0 Å². The maximum Gasteiger partial charge on any atom is 0.338 e. The molecular weight excluding hydrogens is 440 g/mol. The van der Waals surface area contributed by atoms with Gasteiger partial charge in [-0.15, -0.1) is 0 Å². The van der Waals surface area contributed by atoms with E-state index in [1.807, 2.05) is 37.3 Å². The number of carbonyl (C=O) groups excluding carboxylic acids is 3. The lowest BCUT2D eigenvalue weighted by molar-refractivity contribution is -0.168. The number of hydrogen-bond acceptors (Lipinski definition) is 5. The lowest BCUT2D eigenvalue weighted by atomic mass is 9.44. The Hall–Kier alpha value is -2.17. The van der Waals surface area contributed by atoms with Crippen LogP contribution in [0.15, 0.2) is 30.3 Å². The van der Waals surface area contributed by atoms with E-state index in [1.54, 1.807) is 0 Å². The number of ketones is 1. The molecule has 1 aromatic carbocycles. The van der Waals surface area contributed by atoms with Gasteiger partial charge >= 0.3 is 11.9 Å². The zero-order valence-electron chi connectivity index (χ0n) is 21.6. The van der Waals surface area contributed by atoms with E-state index in [1.165, 1.54) is 6.92 Å². The maximum absolute atomic E-state index is 13.8. The summed E-state index contributed by atoms with van der Waals surface area (Å²) in [6.45, 7) is 8.00. The molecule has 9 atom stereocenters. The van der Waals surface area contributed by atoms with E-state index in [0.717, 1.165) is 44.9 Å². The molecule has 0 aromatic heterocycles. The number of hydrogen-bond donors (Lipinski definition) is 0. The standard InChI is InChI=1S/C30H40O5/c1-18(34-19(2)31)24-12-13-25-23-11-10-21-16-22(35-28(33)20-8-6-5-7-9-20)14-15-29(21,3)26(23)17-27(32)30(24,25)4/h5-9,18,21-26H,10-17H2,1-4H3/t18?,21-,22+,23?,24-,25?,26?,29+,30-/m1/s1. The Balaban J connectivity index is 1.30. The van der Waals surface area contributed by atoms with Gasteiger partial charge in [-0.1, -0.05) is 32.0 Å². The zero-order valence-corrected chi connectivity index (χ0v) is 21.6. The van der Waals surface area contributed by atoms with Crippen LogP contribution in [0.25, 0.3) is 0 Å². The predicted octanol–water partition coefficient (Wildman–Crippen LogP) is 6.00. The summed E-state index contributed by atoms with van der Waals surface area (Å²) in [5.41, 5.74) is 0.344. The second kappa shape index (κ2) is 9.05. The van der Waals surface area contributed by atoms with E-state index >= 15 is 0 Å². The Morgan fingerprint density at radius 1 is 1.00 bits per heavy atom. The molecule has 0 amide bonds. The molecule has 0 spiro atoms. The smallest absolute Gasteiger partial charge is 0.338 e. The van der Waals surface area contributed by atoms with Crippen LogP contribution in [0.5, 0.6) is 0 Å². The molecule has 4 aliphatic carbocycles. The van der Waals surface area contributed by atoms with Crippen LogP contribution in [0.4, 0.5) is 0 Å². The first kappa shape index (κ1) is 24.5. The van der Waals surface area contributed by atoms with Crippen molar-refractivity contribution in [1.82, 2.24) is 0 Å². The van der Waals surface area contributed by atoms with Gasteiger partial charge in [0.1, 0.15) is 18.0 Å². The minimum atomic E-state index is -0.387. The second-order valence-corrected chi connectivity index (χ2v) is 12.2. The molecule has 4 aliphatic rings. The normalized spacial score (nSPS) is 41.2. The maximum atomic E-state index is 13.8. The van der Waals surface area contributed by atoms with Crippen LogP contribution in [0.2, 0.25) is 0 Å². The van der Waals surface area contributed by atoms with E-state index in [2.05, 4.69) is 13.8 Å². The molecule has 5 heteroatoms. The van der Waals surface area contributed by atoms with Gasteiger partial charge in [0.25, 0.3) is 0 Å². The Kier molecular flexibility index (Phi) is 6.34. The average Bonchev–Trinajstić information content (AvgIpc) is 3.19. The predicted molar refractivity (Wildman–Crippen MR) is 132 cm³/mol. The molecule has 35 heavy (non-hydrogen) atoms. The van der Waals surface area contributed by atoms with Gasteiger partial charge in [0.15, 0.2) is 0 Å². The Labute approximate surface area is 209 Å². The Morgan fingerprint density at radius 3 is 2.46 bits per heavy atom. The molecule has 4 saturated carbocycles. The third-order valence-electron chi connectivity index (χ3n) is 10.8. The lowest BCUT2D eigenvalue weighted by Gasteiger charge is -2.60. The summed E-state index contributed by atoms with van der Waals surface area (Å²) in [6, 6.07) is 9.25. The van der Waals surface area contributed by atoms with Crippen LogP contribution in [0.1, 0.15) is 89.4 Å². The fourth-order valence-corrected chi connectivity index (χ4v) is 8.96. The molecular formula is C30H40O5. The van der Waals surface area contributed by atoms with Crippen LogP contribution >= 0.6 is 0 Å². The van der Waals surface area contributed by atoms with Crippen molar-refractivity contribution in [2.24, 2.45) is 40.4 Å². The molecule has 4 fully saturated rings. The quantitative estimate of drug-likeness (QED) is 0.494. The fourth-order valence-electron chi connectivity index (χ4n) is 8.96. The first-order valence-electron chi connectivity index (χ1n) is 13.6. The molecule has 0 aliphatic heterocycles. The number of benzene rings is 1. The highest BCUT2D eigenvalue weighted by atomic mass is 16.5. The monoisotopic (exact) mass is 480 g/mol. The van der Waals surface area contributed by atoms with Crippen LogP contribution in [-0.2, 0) is 19.1 Å². The molecule has 190 valence electrons. The van der Waals surface area contributed by atoms with Crippen molar-refractivity contribution in [1.29, 1.82) is 0 Å². The molecule has 1 aromatic rings. The van der Waals surface area contributed by atoms with Gasteiger partial charge in [0.05, 0.1) is 5.56 Å². The summed E-state index contributed by atoms with van der Waals surface area (Å²) in [6.07, 6.45) is 7.47. The molecule has 0 saturated heterocycles. The van der Waals surface area contributed by atoms with Crippen LogP contribution in [0.3, 0.4) is 0 Å². The first-order valence-corrected chi connectivity index (χ1v) is 13.6. The van der Waals surface area contributed by atoms with Crippen molar-refractivity contribution >= 4 is 17.7 Å². The highest BCUT2D eigenvalue weighted by Gasteiger charge is 2.64. The summed E-state index contributed by atoms with van der Waals surface area (Å²) in [5, 5.41) is 0. The van der Waals surface area contributed by atoms with E-state index in [-0.39, 0.29) is 40.9 Å². The molecule has 5 nitrogen and oxygen atoms in total. The molecule has 5 rings (SSSR count). The number of carbonyl (C=O) groups is 3. The summed E-state index contributed by atoms with van der Waals surface area (Å²) in [4.78, 5) is 38.1. The number of esters is 2. The van der Waals surface area contributed by atoms with Gasteiger partial charge in [-0.3, -0.25) is 9.59 Å². The third-order valence-corrected chi connectivity index (χ3v) is 10.8. The number of Topliss-reactive ketones (excluding diaryl/α,β-unsaturated/α-hetero) is 1. The molecule has 0 bridgehead atoms. The Bertz CT molecular complexity index is 988. The van der Waals surface area contributed by atoms with Crippen molar-refractivity contribution in [3.8, 4) is 0 Å². The van der Waals surface area contributed by atoms with E-state index in [4.69, 9.17) is 9.47 Å². The topological polar surface area (TPSA) is 69.7 Å². The van der Waals surface area contributed by atoms with E-state index < -0.39 is 0 Å². The average molecular weight is 481 g/mol. The van der Waals surface area contributed by atoms with Crippen LogP contribution < -0.4 is 0 Å². The lowest BCUT2D eigenvalue weighted by Crippen LogP contribution is -2.58. The number of ether oxygens (including phenoxy) is 2. The highest BCUT2D eigenvalue weighted by Crippen LogP contribution is 2.67. The summed E-state index contributed by atoms with van der Waals surface area (Å²) >= 11 is 0. The van der Waals surface area contributed by atoms with E-state index in [0.29, 0.717) is 41.4 Å². The summed E-state index contributed by atoms with van der Waals surface area (Å²) in [5.74, 6) is 1.83. The summed E-state index contributed by atoms with van der Waals surface area (Å²) in [7, 11) is 0. The molecule has 0 heterocycles. The van der Waals surface area contributed by atoms with Crippen molar-refractivity contribution in [2.45, 2.75) is 91.3 Å². The van der Waals surface area contributed by atoms with Crippen molar-refractivity contribution in [3.05, 3.63) is 35.9 Å². The molecule has 0 radical (unpaired) electrons. The van der Waals surface area contributed by atoms with Crippen LogP contribution in [0, 0.1) is 40.4 Å². The van der Waals surface area contributed by atoms with E-state index in [9.17, 15) is 14.4 Å². The van der Waals surface area contributed by atoms with Gasteiger partial charge in [-0.2, -0.15) is 0 Å². The van der Waals surface area contributed by atoms with Gasteiger partial charge in [0.2, 0.25) is 0 Å². The zero-order chi connectivity index (χ0) is 25.0. The van der Waals surface area contributed by atoms with Gasteiger partial charge in [-0.25, -0.2) is 4.79 Å². The van der Waals surface area contributed by atoms with Gasteiger partial charge in [0, 0.05) is 24.7 Å². The van der Waals surface area contributed by atoms with Gasteiger partial charge in [-0.05, 0) is 93.1 Å². The van der Waals surface area contributed by atoms with Crippen LogP contribution in [-0.4, -0.2) is 29.9 Å². The fraction of sp³-hybridized carbons (Fsp3) is 0.700. The number of fused-ring (bicyclic) bond motifs is 5. The van der Waals surface area contributed by atoms with Crippen molar-refractivity contribution in [2.75, 3.05) is 0 Å². The number of rotatable bonds is 4. The SMILES string of the molecule is CC(=O)OC(C)[C@H]1CCC2C3CC[C@@H]4C[C@@H](OC(=O)c5ccccc5)CC[C@]4(C)C3CC(=O)[C@@]21C. The summed E-state index contributed by atoms with van der Waals surface area (Å²) < 4.78 is 11.5. The molecule has 0 N–H and O–H groups in total. The minimum Gasteiger partial charge on any atom is -0.463 e. The first-order chi connectivity index (χ1) is 16.6. The largest absolute Gasteiger partial charge is 0.463 e. The minimum absolute atomic E-state index is 0.0395. The Morgan fingerprint density at radius 2 is 1.74 bits per heavy atom. The third kappa shape index (κ3) is 4.03. The second-order valence-electron chi connectivity index (χ2n) is 12.2. The highest BCUT2D eigenvalue weighted by molar-refractivity contribution is 5.89.